The maximum atomic E-state index is 6.05. The van der Waals surface area contributed by atoms with E-state index in [-0.39, 0.29) is 11.2 Å². The van der Waals surface area contributed by atoms with Gasteiger partial charge in [-0.05, 0) is 47.0 Å². The molecule has 0 aromatic carbocycles. The van der Waals surface area contributed by atoms with Crippen molar-refractivity contribution in [3.05, 3.63) is 12.4 Å². The van der Waals surface area contributed by atoms with Gasteiger partial charge in [0, 0.05) is 19.3 Å². The van der Waals surface area contributed by atoms with Gasteiger partial charge in [-0.15, -0.1) is 0 Å². The molecular weight excluding hydrogens is 265 g/mol. The predicted octanol–water partition coefficient (Wildman–Crippen LogP) is 1.77. The molecule has 1 aromatic rings. The number of hydrogen-bond acceptors (Lipinski definition) is 5. The Kier molecular flexibility index (Phi) is 3.70. The highest BCUT2D eigenvalue weighted by molar-refractivity contribution is 6.61. The molecule has 0 aliphatic carbocycles. The van der Waals surface area contributed by atoms with Crippen LogP contribution < -0.4 is 10.5 Å². The summed E-state index contributed by atoms with van der Waals surface area (Å²) in [6, 6.07) is 0. The van der Waals surface area contributed by atoms with Gasteiger partial charge < -0.3 is 14.2 Å². The van der Waals surface area contributed by atoms with Gasteiger partial charge in [-0.3, -0.25) is 4.98 Å². The molecule has 0 atom stereocenters. The molecular formula is C15H24BN3O2. The molecule has 2 aliphatic rings. The van der Waals surface area contributed by atoms with E-state index >= 15 is 0 Å². The minimum absolute atomic E-state index is 0.347. The van der Waals surface area contributed by atoms with Crippen LogP contribution in [0.2, 0.25) is 0 Å². The minimum Gasteiger partial charge on any atom is -0.398 e. The van der Waals surface area contributed by atoms with Gasteiger partial charge >= 0.3 is 7.12 Å². The molecule has 1 aromatic heterocycles. The zero-order valence-electron chi connectivity index (χ0n) is 13.4. The number of anilines is 1. The monoisotopic (exact) mass is 289 g/mol. The van der Waals surface area contributed by atoms with E-state index in [9.17, 15) is 0 Å². The second-order valence-electron chi connectivity index (χ2n) is 6.94. The summed E-state index contributed by atoms with van der Waals surface area (Å²) in [7, 11) is -0.438. The summed E-state index contributed by atoms with van der Waals surface area (Å²) in [5.41, 5.74) is 0.0674. The van der Waals surface area contributed by atoms with Gasteiger partial charge in [0.2, 0.25) is 0 Å². The molecule has 0 N–H and O–H groups in total. The summed E-state index contributed by atoms with van der Waals surface area (Å²) < 4.78 is 12.1. The second kappa shape index (κ2) is 5.25. The van der Waals surface area contributed by atoms with Crippen LogP contribution in [0.25, 0.3) is 0 Å². The summed E-state index contributed by atoms with van der Waals surface area (Å²) in [5.74, 6) is 0.932. The Morgan fingerprint density at radius 1 is 1.00 bits per heavy atom. The molecule has 3 heterocycles. The number of piperidine rings is 1. The molecule has 0 spiro atoms. The van der Waals surface area contributed by atoms with Gasteiger partial charge in [0.05, 0.1) is 23.0 Å². The fourth-order valence-electron chi connectivity index (χ4n) is 2.72. The molecule has 2 aliphatic heterocycles. The summed E-state index contributed by atoms with van der Waals surface area (Å²) in [6.45, 7) is 10.3. The van der Waals surface area contributed by atoms with E-state index in [1.807, 2.05) is 6.20 Å². The van der Waals surface area contributed by atoms with Gasteiger partial charge in [0.15, 0.2) is 0 Å². The van der Waals surface area contributed by atoms with Gasteiger partial charge in [-0.25, -0.2) is 4.98 Å². The fraction of sp³-hybridized carbons (Fsp3) is 0.733. The van der Waals surface area contributed by atoms with E-state index < -0.39 is 7.12 Å². The Labute approximate surface area is 127 Å². The summed E-state index contributed by atoms with van der Waals surface area (Å²) in [5, 5.41) is 0. The van der Waals surface area contributed by atoms with Crippen LogP contribution in [0.5, 0.6) is 0 Å². The molecule has 3 rings (SSSR count). The first-order chi connectivity index (χ1) is 9.89. The van der Waals surface area contributed by atoms with Crippen molar-refractivity contribution in [1.29, 1.82) is 0 Å². The van der Waals surface area contributed by atoms with Crippen molar-refractivity contribution >= 4 is 18.5 Å². The highest BCUT2D eigenvalue weighted by Gasteiger charge is 2.52. The molecule has 0 unspecified atom stereocenters. The minimum atomic E-state index is -0.438. The van der Waals surface area contributed by atoms with Gasteiger partial charge in [0.1, 0.15) is 5.82 Å². The van der Waals surface area contributed by atoms with Crippen LogP contribution in [0.4, 0.5) is 5.82 Å². The zero-order chi connectivity index (χ0) is 15.1. The van der Waals surface area contributed by atoms with Gasteiger partial charge in [-0.2, -0.15) is 0 Å². The first-order valence-electron chi connectivity index (χ1n) is 7.82. The van der Waals surface area contributed by atoms with E-state index in [0.717, 1.165) is 24.5 Å². The average molecular weight is 289 g/mol. The summed E-state index contributed by atoms with van der Waals surface area (Å²) in [4.78, 5) is 11.4. The summed E-state index contributed by atoms with van der Waals surface area (Å²) >= 11 is 0. The number of nitrogens with zero attached hydrogens (tertiary/aromatic N) is 3. The molecule has 21 heavy (non-hydrogen) atoms. The summed E-state index contributed by atoms with van der Waals surface area (Å²) in [6.07, 6.45) is 7.33. The van der Waals surface area contributed by atoms with Crippen LogP contribution in [0.15, 0.2) is 12.4 Å². The van der Waals surface area contributed by atoms with E-state index in [4.69, 9.17) is 14.3 Å². The lowest BCUT2D eigenvalue weighted by molar-refractivity contribution is 0.00578. The Balaban J connectivity index is 1.81. The van der Waals surface area contributed by atoms with Crippen LogP contribution in [0, 0.1) is 0 Å². The molecule has 2 fully saturated rings. The molecule has 0 radical (unpaired) electrons. The Hall–Kier alpha value is -1.14. The first kappa shape index (κ1) is 14.8. The van der Waals surface area contributed by atoms with Gasteiger partial charge in [0.25, 0.3) is 0 Å². The molecule has 114 valence electrons. The third-order valence-electron chi connectivity index (χ3n) is 4.82. The Morgan fingerprint density at radius 2 is 1.62 bits per heavy atom. The molecule has 6 heteroatoms. The van der Waals surface area contributed by atoms with Crippen LogP contribution in [0.3, 0.4) is 0 Å². The van der Waals surface area contributed by atoms with Crippen molar-refractivity contribution in [2.45, 2.75) is 58.2 Å². The van der Waals surface area contributed by atoms with Crippen LogP contribution in [-0.4, -0.2) is 41.4 Å². The number of hydrogen-bond donors (Lipinski definition) is 0. The maximum absolute atomic E-state index is 6.05. The van der Waals surface area contributed by atoms with Crippen molar-refractivity contribution in [2.24, 2.45) is 0 Å². The third kappa shape index (κ3) is 2.79. The third-order valence-corrected chi connectivity index (χ3v) is 4.82. The van der Waals surface area contributed by atoms with E-state index in [1.54, 1.807) is 6.20 Å². The highest BCUT2D eigenvalue weighted by Crippen LogP contribution is 2.36. The average Bonchev–Trinajstić information content (AvgIpc) is 2.69. The highest BCUT2D eigenvalue weighted by atomic mass is 16.7. The Bertz CT molecular complexity index is 499. The van der Waals surface area contributed by atoms with Crippen molar-refractivity contribution < 1.29 is 9.31 Å². The smallest absolute Gasteiger partial charge is 0.398 e. The van der Waals surface area contributed by atoms with E-state index in [1.165, 1.54) is 19.3 Å². The topological polar surface area (TPSA) is 47.5 Å². The SMILES string of the molecule is CC1(C)OB(c2cncc(N3CCCCC3)n2)OC1(C)C. The molecule has 5 nitrogen and oxygen atoms in total. The van der Waals surface area contributed by atoms with E-state index in [2.05, 4.69) is 37.6 Å². The van der Waals surface area contributed by atoms with Crippen molar-refractivity contribution in [3.8, 4) is 0 Å². The lowest BCUT2D eigenvalue weighted by atomic mass is 9.85. The molecule has 0 bridgehead atoms. The van der Waals surface area contributed by atoms with E-state index in [0.29, 0.717) is 0 Å². The maximum Gasteiger partial charge on any atom is 0.516 e. The second-order valence-corrected chi connectivity index (χ2v) is 6.94. The van der Waals surface area contributed by atoms with Crippen LogP contribution in [-0.2, 0) is 9.31 Å². The van der Waals surface area contributed by atoms with Crippen LogP contribution >= 0.6 is 0 Å². The first-order valence-corrected chi connectivity index (χ1v) is 7.82. The normalized spacial score (nSPS) is 24.4. The van der Waals surface area contributed by atoms with Crippen molar-refractivity contribution in [1.82, 2.24) is 9.97 Å². The molecule has 0 saturated carbocycles. The van der Waals surface area contributed by atoms with Gasteiger partial charge in [-0.1, -0.05) is 0 Å². The quantitative estimate of drug-likeness (QED) is 0.776. The molecule has 0 amide bonds. The lowest BCUT2D eigenvalue weighted by Crippen LogP contribution is -2.41. The number of rotatable bonds is 2. The fourth-order valence-corrected chi connectivity index (χ4v) is 2.72. The number of aromatic nitrogens is 2. The van der Waals surface area contributed by atoms with Crippen molar-refractivity contribution in [2.75, 3.05) is 18.0 Å². The Morgan fingerprint density at radius 3 is 2.24 bits per heavy atom. The van der Waals surface area contributed by atoms with Crippen molar-refractivity contribution in [3.63, 3.8) is 0 Å². The lowest BCUT2D eigenvalue weighted by Gasteiger charge is -2.32. The zero-order valence-corrected chi connectivity index (χ0v) is 13.4. The standard InChI is InChI=1S/C15H24BN3O2/c1-14(2)15(3,4)21-16(20-14)12-10-17-11-13(18-12)19-8-6-5-7-9-19/h10-11H,5-9H2,1-4H3. The van der Waals surface area contributed by atoms with Crippen LogP contribution in [0.1, 0.15) is 47.0 Å². The predicted molar refractivity (Wildman–Crippen MR) is 83.8 cm³/mol. The largest absolute Gasteiger partial charge is 0.516 e. The molecule has 2 saturated heterocycles.